The van der Waals surface area contributed by atoms with Gasteiger partial charge in [-0.2, -0.15) is 5.01 Å². The summed E-state index contributed by atoms with van der Waals surface area (Å²) in [5, 5.41) is 2.08. The molecular weight excluding hydrogens is 415 g/mol. The zero-order valence-corrected chi connectivity index (χ0v) is 17.2. The second-order valence-electron chi connectivity index (χ2n) is 6.73. The highest BCUT2D eigenvalue weighted by Gasteiger charge is 2.36. The summed E-state index contributed by atoms with van der Waals surface area (Å²) in [6.07, 6.45) is 0.653. The topological polar surface area (TPSA) is 74.8 Å². The van der Waals surface area contributed by atoms with Gasteiger partial charge >= 0.3 is 0 Å². The lowest BCUT2D eigenvalue weighted by molar-refractivity contribution is -0.162. The Morgan fingerprint density at radius 3 is 2.10 bits per heavy atom. The van der Waals surface area contributed by atoms with Gasteiger partial charge in [0, 0.05) is 24.0 Å². The van der Waals surface area contributed by atoms with Gasteiger partial charge in [-0.25, -0.2) is 5.01 Å². The minimum Gasteiger partial charge on any atom is -0.292 e. The Bertz CT molecular complexity index is 973. The van der Waals surface area contributed by atoms with Crippen LogP contribution in [-0.2, 0) is 9.59 Å². The zero-order chi connectivity index (χ0) is 21.1. The molecule has 1 aliphatic heterocycles. The van der Waals surface area contributed by atoms with E-state index < -0.39 is 30.0 Å². The van der Waals surface area contributed by atoms with Crippen molar-refractivity contribution in [3.63, 3.8) is 0 Å². The highest BCUT2D eigenvalue weighted by Crippen LogP contribution is 2.25. The first-order valence-electron chi connectivity index (χ1n) is 9.00. The van der Waals surface area contributed by atoms with Gasteiger partial charge in [-0.15, -0.1) is 0 Å². The number of ketones is 1. The van der Waals surface area contributed by atoms with E-state index in [1.54, 1.807) is 24.3 Å². The first-order valence-corrected chi connectivity index (χ1v) is 9.76. The standard InChI is InChI=1S/C21H18Cl2N2O4/c1-13-5-7-14(8-6-13)18(26)12-24(25-19(27)3-2-4-20(25)28)21(29)15-9-10-16(22)17(23)11-15/h5-11H,2-4,12H2,1H3. The maximum atomic E-state index is 13.1. The molecule has 0 radical (unpaired) electrons. The molecule has 1 saturated heterocycles. The smallest absolute Gasteiger partial charge is 0.273 e. The van der Waals surface area contributed by atoms with Gasteiger partial charge < -0.3 is 0 Å². The Kier molecular flexibility index (Phi) is 6.35. The van der Waals surface area contributed by atoms with Crippen molar-refractivity contribution in [2.24, 2.45) is 0 Å². The monoisotopic (exact) mass is 432 g/mol. The number of halogens is 2. The predicted octanol–water partition coefficient (Wildman–Crippen LogP) is 4.08. The molecule has 6 nitrogen and oxygen atoms in total. The van der Waals surface area contributed by atoms with E-state index in [4.69, 9.17) is 23.2 Å². The summed E-state index contributed by atoms with van der Waals surface area (Å²) in [5.74, 6) is -2.13. The molecule has 0 saturated carbocycles. The summed E-state index contributed by atoms with van der Waals surface area (Å²) in [6.45, 7) is 1.43. The van der Waals surface area contributed by atoms with Gasteiger partial charge in [0.2, 0.25) is 11.8 Å². The fraction of sp³-hybridized carbons (Fsp3) is 0.238. The molecule has 0 aliphatic carbocycles. The fourth-order valence-corrected chi connectivity index (χ4v) is 3.29. The second-order valence-corrected chi connectivity index (χ2v) is 7.55. The van der Waals surface area contributed by atoms with E-state index in [1.165, 1.54) is 18.2 Å². The van der Waals surface area contributed by atoms with E-state index in [2.05, 4.69) is 0 Å². The molecule has 0 bridgehead atoms. The summed E-state index contributed by atoms with van der Waals surface area (Å²) in [4.78, 5) is 50.8. The van der Waals surface area contributed by atoms with Crippen LogP contribution >= 0.6 is 23.2 Å². The molecule has 0 spiro atoms. The summed E-state index contributed by atoms with van der Waals surface area (Å²) in [7, 11) is 0. The van der Waals surface area contributed by atoms with Crippen LogP contribution in [0.4, 0.5) is 0 Å². The number of aryl methyl sites for hydroxylation is 1. The van der Waals surface area contributed by atoms with Gasteiger partial charge in [0.15, 0.2) is 5.78 Å². The number of amides is 3. The molecule has 1 heterocycles. The van der Waals surface area contributed by atoms with Crippen molar-refractivity contribution in [2.75, 3.05) is 6.54 Å². The Labute approximate surface area is 178 Å². The molecule has 2 aromatic carbocycles. The van der Waals surface area contributed by atoms with Gasteiger partial charge in [0.25, 0.3) is 5.91 Å². The van der Waals surface area contributed by atoms with Crippen LogP contribution in [0, 0.1) is 6.92 Å². The summed E-state index contributed by atoms with van der Waals surface area (Å²) >= 11 is 11.9. The van der Waals surface area contributed by atoms with Gasteiger partial charge in [0.05, 0.1) is 10.0 Å². The molecule has 150 valence electrons. The SMILES string of the molecule is Cc1ccc(C(=O)CN(C(=O)c2ccc(Cl)c(Cl)c2)N2C(=O)CCCC2=O)cc1. The van der Waals surface area contributed by atoms with Crippen LogP contribution < -0.4 is 0 Å². The van der Waals surface area contributed by atoms with Crippen molar-refractivity contribution in [3.8, 4) is 0 Å². The predicted molar refractivity (Wildman–Crippen MR) is 109 cm³/mol. The van der Waals surface area contributed by atoms with Gasteiger partial charge in [-0.1, -0.05) is 53.0 Å². The molecule has 8 heteroatoms. The third-order valence-electron chi connectivity index (χ3n) is 4.56. The number of benzene rings is 2. The molecule has 0 unspecified atom stereocenters. The number of hydrogen-bond acceptors (Lipinski definition) is 4. The summed E-state index contributed by atoms with van der Waals surface area (Å²) in [6, 6.07) is 11.0. The van der Waals surface area contributed by atoms with Crippen LogP contribution in [0.3, 0.4) is 0 Å². The lowest BCUT2D eigenvalue weighted by Gasteiger charge is -2.35. The fourth-order valence-electron chi connectivity index (χ4n) is 2.99. The quantitative estimate of drug-likeness (QED) is 0.526. The maximum absolute atomic E-state index is 13.1. The maximum Gasteiger partial charge on any atom is 0.273 e. The number of nitrogens with zero attached hydrogens (tertiary/aromatic N) is 2. The molecular formula is C21H18Cl2N2O4. The van der Waals surface area contributed by atoms with Crippen molar-refractivity contribution in [3.05, 3.63) is 69.2 Å². The van der Waals surface area contributed by atoms with E-state index in [1.807, 2.05) is 6.92 Å². The van der Waals surface area contributed by atoms with Gasteiger partial charge in [-0.05, 0) is 31.5 Å². The molecule has 1 aliphatic rings. The molecule has 3 rings (SSSR count). The van der Waals surface area contributed by atoms with Gasteiger partial charge in [-0.3, -0.25) is 19.2 Å². The van der Waals surface area contributed by atoms with E-state index >= 15 is 0 Å². The van der Waals surface area contributed by atoms with Crippen LogP contribution in [0.5, 0.6) is 0 Å². The van der Waals surface area contributed by atoms with Gasteiger partial charge in [0.1, 0.15) is 6.54 Å². The summed E-state index contributed by atoms with van der Waals surface area (Å²) < 4.78 is 0. The molecule has 0 atom stereocenters. The van der Waals surface area contributed by atoms with Crippen LogP contribution in [0.25, 0.3) is 0 Å². The van der Waals surface area contributed by atoms with Crippen LogP contribution in [0.15, 0.2) is 42.5 Å². The van der Waals surface area contributed by atoms with Crippen LogP contribution in [-0.4, -0.2) is 40.1 Å². The van der Waals surface area contributed by atoms with E-state index in [9.17, 15) is 19.2 Å². The van der Waals surface area contributed by atoms with Crippen molar-refractivity contribution >= 4 is 46.7 Å². The highest BCUT2D eigenvalue weighted by molar-refractivity contribution is 6.42. The number of hydrazine groups is 1. The molecule has 2 aromatic rings. The van der Waals surface area contributed by atoms with E-state index in [-0.39, 0.29) is 28.5 Å². The number of Topliss-reactive ketones (excluding diaryl/α,β-unsaturated/α-hetero) is 1. The molecule has 29 heavy (non-hydrogen) atoms. The molecule has 3 amide bonds. The number of piperidine rings is 1. The number of carbonyl (C=O) groups is 4. The number of hydrogen-bond donors (Lipinski definition) is 0. The third kappa shape index (κ3) is 4.66. The Hall–Kier alpha value is -2.70. The Morgan fingerprint density at radius 1 is 0.931 bits per heavy atom. The zero-order valence-electron chi connectivity index (χ0n) is 15.7. The average molecular weight is 433 g/mol. The lowest BCUT2D eigenvalue weighted by atomic mass is 10.1. The van der Waals surface area contributed by atoms with E-state index in [0.717, 1.165) is 15.6 Å². The largest absolute Gasteiger partial charge is 0.292 e. The van der Waals surface area contributed by atoms with Crippen molar-refractivity contribution in [2.45, 2.75) is 26.2 Å². The second kappa shape index (κ2) is 8.76. The minimum absolute atomic E-state index is 0.113. The van der Waals surface area contributed by atoms with Crippen LogP contribution in [0.1, 0.15) is 45.5 Å². The third-order valence-corrected chi connectivity index (χ3v) is 5.30. The minimum atomic E-state index is -0.687. The lowest BCUT2D eigenvalue weighted by Crippen LogP contribution is -2.56. The normalized spacial score (nSPS) is 14.1. The first kappa shape index (κ1) is 21.0. The number of imide groups is 1. The van der Waals surface area contributed by atoms with Crippen molar-refractivity contribution in [1.29, 1.82) is 0 Å². The number of carbonyl (C=O) groups excluding carboxylic acids is 4. The Balaban J connectivity index is 1.96. The summed E-state index contributed by atoms with van der Waals surface area (Å²) in [5.41, 5.74) is 1.47. The molecule has 0 N–H and O–H groups in total. The first-order chi connectivity index (χ1) is 13.8. The van der Waals surface area contributed by atoms with E-state index in [0.29, 0.717) is 12.0 Å². The molecule has 0 aromatic heterocycles. The van der Waals surface area contributed by atoms with Crippen molar-refractivity contribution in [1.82, 2.24) is 10.0 Å². The van der Waals surface area contributed by atoms with Crippen molar-refractivity contribution < 1.29 is 19.2 Å². The van der Waals surface area contributed by atoms with Crippen LogP contribution in [0.2, 0.25) is 10.0 Å². The molecule has 1 fully saturated rings. The highest BCUT2D eigenvalue weighted by atomic mass is 35.5. The average Bonchev–Trinajstić information content (AvgIpc) is 2.69. The number of rotatable bonds is 5. The Morgan fingerprint density at radius 2 is 1.52 bits per heavy atom.